The zero-order valence-corrected chi connectivity index (χ0v) is 21.3. The van der Waals surface area contributed by atoms with E-state index in [1.54, 1.807) is 18.2 Å². The van der Waals surface area contributed by atoms with E-state index in [0.717, 1.165) is 16.7 Å². The molecule has 0 fully saturated rings. The maximum Gasteiger partial charge on any atom is 0.213 e. The van der Waals surface area contributed by atoms with Crippen molar-refractivity contribution in [2.75, 3.05) is 6.54 Å². The Hall–Kier alpha value is -3.78. The van der Waals surface area contributed by atoms with Gasteiger partial charge >= 0.3 is 0 Å². The van der Waals surface area contributed by atoms with E-state index in [2.05, 4.69) is 4.90 Å². The lowest BCUT2D eigenvalue weighted by Crippen LogP contribution is -2.29. The summed E-state index contributed by atoms with van der Waals surface area (Å²) in [5.74, 6) is -0.146. The lowest BCUT2D eigenvalue weighted by atomic mass is 10.1. The van der Waals surface area contributed by atoms with Gasteiger partial charge in [0.1, 0.15) is 12.4 Å². The Morgan fingerprint density at radius 3 is 1.76 bits per heavy atom. The van der Waals surface area contributed by atoms with Gasteiger partial charge in [-0.25, -0.2) is 13.6 Å². The molecule has 0 heterocycles. The predicted molar refractivity (Wildman–Crippen MR) is 145 cm³/mol. The molecule has 0 saturated heterocycles. The van der Waals surface area contributed by atoms with Crippen LogP contribution in [0.15, 0.2) is 109 Å². The zero-order chi connectivity index (χ0) is 26.1. The van der Waals surface area contributed by atoms with Crippen LogP contribution in [0.3, 0.4) is 0 Å². The smallest absolute Gasteiger partial charge is 0.213 e. The standard InChI is InChI=1S/C30H30N2O4S/c31-37(34,35)23-28-18-27(16-17-30(28)36-22-26-14-8-3-9-15-26)29(33)21-32(19-24-10-4-1-5-11-24)20-25-12-6-2-7-13-25/h1-18H,19-23H2,(H2,31,34,35). The molecule has 0 amide bonds. The Balaban J connectivity index is 1.54. The van der Waals surface area contributed by atoms with E-state index in [1.807, 2.05) is 91.0 Å². The molecule has 190 valence electrons. The summed E-state index contributed by atoms with van der Waals surface area (Å²) in [5, 5.41) is 5.35. The van der Waals surface area contributed by atoms with Crippen LogP contribution in [0.5, 0.6) is 5.75 Å². The number of ether oxygens (including phenoxy) is 1. The van der Waals surface area contributed by atoms with E-state index in [9.17, 15) is 13.2 Å². The van der Waals surface area contributed by atoms with Crippen molar-refractivity contribution in [3.63, 3.8) is 0 Å². The Kier molecular flexibility index (Phi) is 8.85. The molecule has 0 radical (unpaired) electrons. The molecular formula is C30H30N2O4S. The van der Waals surface area contributed by atoms with Gasteiger partial charge in [0.2, 0.25) is 10.0 Å². The molecule has 4 aromatic carbocycles. The SMILES string of the molecule is NS(=O)(=O)Cc1cc(C(=O)CN(Cc2ccccc2)Cc2ccccc2)ccc1OCc1ccccc1. The van der Waals surface area contributed by atoms with Crippen molar-refractivity contribution < 1.29 is 17.9 Å². The summed E-state index contributed by atoms with van der Waals surface area (Å²) < 4.78 is 29.7. The molecule has 0 unspecified atom stereocenters. The molecule has 0 aliphatic heterocycles. The Bertz CT molecular complexity index is 1370. The zero-order valence-electron chi connectivity index (χ0n) is 20.5. The molecule has 0 aromatic heterocycles. The summed E-state index contributed by atoms with van der Waals surface area (Å²) in [6.45, 7) is 1.64. The lowest BCUT2D eigenvalue weighted by Gasteiger charge is -2.22. The van der Waals surface area contributed by atoms with Gasteiger partial charge in [0, 0.05) is 24.2 Å². The van der Waals surface area contributed by atoms with Crippen molar-refractivity contribution in [2.45, 2.75) is 25.4 Å². The van der Waals surface area contributed by atoms with Crippen molar-refractivity contribution in [3.8, 4) is 5.75 Å². The third kappa shape index (κ3) is 8.39. The molecule has 0 saturated carbocycles. The number of nitrogens with zero attached hydrogens (tertiary/aromatic N) is 1. The molecule has 7 heteroatoms. The number of ketones is 1. The van der Waals surface area contributed by atoms with Gasteiger partial charge in [-0.3, -0.25) is 9.69 Å². The molecule has 37 heavy (non-hydrogen) atoms. The number of nitrogens with two attached hydrogens (primary N) is 1. The summed E-state index contributed by atoms with van der Waals surface area (Å²) in [4.78, 5) is 15.5. The van der Waals surface area contributed by atoms with Gasteiger partial charge in [-0.1, -0.05) is 91.0 Å². The largest absolute Gasteiger partial charge is 0.489 e. The topological polar surface area (TPSA) is 89.7 Å². The maximum atomic E-state index is 13.4. The number of carbonyl (C=O) groups is 1. The second-order valence-corrected chi connectivity index (χ2v) is 10.6. The molecule has 0 atom stereocenters. The van der Waals surface area contributed by atoms with Crippen LogP contribution >= 0.6 is 0 Å². The summed E-state index contributed by atoms with van der Waals surface area (Å²) in [6, 6.07) is 34.4. The van der Waals surface area contributed by atoms with Crippen molar-refractivity contribution >= 4 is 15.8 Å². The number of primary sulfonamides is 1. The van der Waals surface area contributed by atoms with Gasteiger partial charge < -0.3 is 4.74 Å². The molecule has 0 spiro atoms. The number of Topliss-reactive ketones (excluding diaryl/α,β-unsaturated/α-hetero) is 1. The summed E-state index contributed by atoms with van der Waals surface area (Å²) in [5.41, 5.74) is 3.93. The van der Waals surface area contributed by atoms with Gasteiger partial charge in [0.05, 0.1) is 12.3 Å². The molecular weight excluding hydrogens is 484 g/mol. The predicted octanol–water partition coefficient (Wildman–Crippen LogP) is 4.94. The van der Waals surface area contributed by atoms with Gasteiger partial charge in [0.25, 0.3) is 0 Å². The normalized spacial score (nSPS) is 11.4. The molecule has 0 bridgehead atoms. The minimum Gasteiger partial charge on any atom is -0.489 e. The second-order valence-electron chi connectivity index (χ2n) is 8.94. The Morgan fingerprint density at radius 1 is 0.730 bits per heavy atom. The van der Waals surface area contributed by atoms with E-state index in [0.29, 0.717) is 30.0 Å². The van der Waals surface area contributed by atoms with Crippen LogP contribution in [0.25, 0.3) is 0 Å². The molecule has 6 nitrogen and oxygen atoms in total. The first kappa shape index (κ1) is 26.3. The van der Waals surface area contributed by atoms with E-state index in [4.69, 9.17) is 9.88 Å². The fourth-order valence-electron chi connectivity index (χ4n) is 4.10. The van der Waals surface area contributed by atoms with Crippen molar-refractivity contribution in [1.29, 1.82) is 0 Å². The number of sulfonamides is 1. The van der Waals surface area contributed by atoms with Crippen LogP contribution in [0.1, 0.15) is 32.6 Å². The Morgan fingerprint density at radius 2 is 1.24 bits per heavy atom. The average molecular weight is 515 g/mol. The molecule has 0 aliphatic rings. The minimum atomic E-state index is -3.83. The molecule has 4 aromatic rings. The fraction of sp³-hybridized carbons (Fsp3) is 0.167. The quantitative estimate of drug-likeness (QED) is 0.271. The Labute approximate surface area is 218 Å². The van der Waals surface area contributed by atoms with E-state index in [1.165, 1.54) is 0 Å². The highest BCUT2D eigenvalue weighted by Gasteiger charge is 2.18. The third-order valence-electron chi connectivity index (χ3n) is 5.84. The second kappa shape index (κ2) is 12.5. The number of hydrogen-bond acceptors (Lipinski definition) is 5. The van der Waals surface area contributed by atoms with Crippen LogP contribution in [0, 0.1) is 0 Å². The highest BCUT2D eigenvalue weighted by atomic mass is 32.2. The van der Waals surface area contributed by atoms with E-state index in [-0.39, 0.29) is 18.9 Å². The van der Waals surface area contributed by atoms with E-state index < -0.39 is 15.8 Å². The highest BCUT2D eigenvalue weighted by Crippen LogP contribution is 2.24. The molecule has 4 rings (SSSR count). The first-order valence-corrected chi connectivity index (χ1v) is 13.7. The lowest BCUT2D eigenvalue weighted by molar-refractivity contribution is 0.0920. The summed E-state index contributed by atoms with van der Waals surface area (Å²) in [7, 11) is -3.83. The average Bonchev–Trinajstić information content (AvgIpc) is 2.89. The van der Waals surface area contributed by atoms with Gasteiger partial charge in [-0.15, -0.1) is 0 Å². The number of carbonyl (C=O) groups excluding carboxylic acids is 1. The first-order chi connectivity index (χ1) is 17.9. The van der Waals surface area contributed by atoms with Crippen LogP contribution in [0.2, 0.25) is 0 Å². The van der Waals surface area contributed by atoms with Crippen molar-refractivity contribution in [3.05, 3.63) is 137 Å². The maximum absolute atomic E-state index is 13.4. The molecule has 0 aliphatic carbocycles. The van der Waals surface area contributed by atoms with Crippen molar-refractivity contribution in [1.82, 2.24) is 4.90 Å². The van der Waals surface area contributed by atoms with Crippen LogP contribution < -0.4 is 9.88 Å². The van der Waals surface area contributed by atoms with Crippen LogP contribution in [-0.4, -0.2) is 25.6 Å². The fourth-order valence-corrected chi connectivity index (χ4v) is 4.76. The van der Waals surface area contributed by atoms with Crippen molar-refractivity contribution in [2.24, 2.45) is 5.14 Å². The molecule has 2 N–H and O–H groups in total. The monoisotopic (exact) mass is 514 g/mol. The van der Waals surface area contributed by atoms with E-state index >= 15 is 0 Å². The van der Waals surface area contributed by atoms with Gasteiger partial charge in [0.15, 0.2) is 5.78 Å². The minimum absolute atomic E-state index is 0.114. The van der Waals surface area contributed by atoms with Crippen LogP contribution in [-0.2, 0) is 35.5 Å². The highest BCUT2D eigenvalue weighted by molar-refractivity contribution is 7.88. The van der Waals surface area contributed by atoms with Gasteiger partial charge in [-0.05, 0) is 34.9 Å². The first-order valence-electron chi connectivity index (χ1n) is 12.0. The summed E-state index contributed by atoms with van der Waals surface area (Å²) in [6.07, 6.45) is 0. The number of benzene rings is 4. The van der Waals surface area contributed by atoms with Gasteiger partial charge in [-0.2, -0.15) is 0 Å². The number of hydrogen-bond donors (Lipinski definition) is 1. The van der Waals surface area contributed by atoms with Crippen LogP contribution in [0.4, 0.5) is 0 Å². The third-order valence-corrected chi connectivity index (χ3v) is 6.55. The summed E-state index contributed by atoms with van der Waals surface area (Å²) >= 11 is 0. The number of rotatable bonds is 12.